The summed E-state index contributed by atoms with van der Waals surface area (Å²) >= 11 is 0. The van der Waals surface area contributed by atoms with Gasteiger partial charge in [-0.3, -0.25) is 14.7 Å². The third kappa shape index (κ3) is 3.27. The number of hydrogen-bond donors (Lipinski definition) is 1. The van der Waals surface area contributed by atoms with E-state index in [1.165, 1.54) is 4.90 Å². The Kier molecular flexibility index (Phi) is 4.28. The van der Waals surface area contributed by atoms with Gasteiger partial charge >= 0.3 is 6.03 Å². The molecule has 1 N–H and O–H groups in total. The Balaban J connectivity index is 1.69. The average molecular weight is 328 g/mol. The van der Waals surface area contributed by atoms with Crippen molar-refractivity contribution in [2.75, 3.05) is 0 Å². The number of hydrogen-bond acceptors (Lipinski definition) is 5. The molecule has 2 aromatic heterocycles. The molecule has 0 spiro atoms. The fraction of sp³-hybridized carbons (Fsp3) is 0.438. The first-order valence-electron chi connectivity index (χ1n) is 7.88. The van der Waals surface area contributed by atoms with Crippen molar-refractivity contribution in [2.45, 2.75) is 45.8 Å². The molecule has 0 aliphatic carbocycles. The van der Waals surface area contributed by atoms with Gasteiger partial charge in [0.1, 0.15) is 6.04 Å². The number of carbonyl (C=O) groups excluding carboxylic acids is 2. The van der Waals surface area contributed by atoms with Gasteiger partial charge in [-0.1, -0.05) is 5.21 Å². The van der Waals surface area contributed by atoms with Gasteiger partial charge < -0.3 is 5.32 Å². The van der Waals surface area contributed by atoms with Crippen LogP contribution in [0.15, 0.2) is 24.5 Å². The molecular formula is C16H20N6O2. The second-order valence-electron chi connectivity index (χ2n) is 6.22. The number of aromatic nitrogens is 4. The lowest BCUT2D eigenvalue weighted by Gasteiger charge is -2.13. The van der Waals surface area contributed by atoms with E-state index in [2.05, 4.69) is 20.6 Å². The quantitative estimate of drug-likeness (QED) is 0.833. The van der Waals surface area contributed by atoms with Crippen molar-refractivity contribution in [2.24, 2.45) is 0 Å². The lowest BCUT2D eigenvalue weighted by atomic mass is 10.1. The van der Waals surface area contributed by atoms with Crippen molar-refractivity contribution in [3.63, 3.8) is 0 Å². The lowest BCUT2D eigenvalue weighted by Crippen LogP contribution is -2.32. The maximum Gasteiger partial charge on any atom is 0.325 e. The van der Waals surface area contributed by atoms with E-state index < -0.39 is 6.04 Å². The number of imide groups is 1. The molecule has 0 saturated carbocycles. The van der Waals surface area contributed by atoms with Crippen molar-refractivity contribution < 1.29 is 9.59 Å². The molecule has 1 aliphatic heterocycles. The summed E-state index contributed by atoms with van der Waals surface area (Å²) in [5.41, 5.74) is 2.41. The molecule has 0 aromatic carbocycles. The van der Waals surface area contributed by atoms with Gasteiger partial charge in [-0.15, -0.1) is 5.10 Å². The zero-order valence-corrected chi connectivity index (χ0v) is 13.9. The van der Waals surface area contributed by atoms with Crippen LogP contribution < -0.4 is 5.32 Å². The summed E-state index contributed by atoms with van der Waals surface area (Å²) in [5, 5.41) is 10.8. The highest BCUT2D eigenvalue weighted by Crippen LogP contribution is 2.15. The molecular weight excluding hydrogens is 308 g/mol. The molecule has 3 amide bonds. The van der Waals surface area contributed by atoms with Crippen LogP contribution in [-0.4, -0.2) is 42.9 Å². The first-order valence-corrected chi connectivity index (χ1v) is 7.88. The molecule has 3 rings (SSSR count). The third-order valence-corrected chi connectivity index (χ3v) is 3.91. The smallest absolute Gasteiger partial charge is 0.325 e. The first kappa shape index (κ1) is 16.1. The molecule has 1 aliphatic rings. The number of urea groups is 1. The van der Waals surface area contributed by atoms with Gasteiger partial charge in [0.25, 0.3) is 5.91 Å². The molecule has 1 unspecified atom stereocenters. The van der Waals surface area contributed by atoms with Crippen LogP contribution in [-0.2, 0) is 17.8 Å². The molecule has 0 bridgehead atoms. The van der Waals surface area contributed by atoms with E-state index in [-0.39, 0.29) is 24.5 Å². The maximum absolute atomic E-state index is 12.5. The van der Waals surface area contributed by atoms with Gasteiger partial charge in [0.15, 0.2) is 0 Å². The monoisotopic (exact) mass is 328 g/mol. The van der Waals surface area contributed by atoms with Crippen molar-refractivity contribution >= 4 is 11.9 Å². The molecule has 1 saturated heterocycles. The van der Waals surface area contributed by atoms with Crippen LogP contribution in [0.2, 0.25) is 0 Å². The van der Waals surface area contributed by atoms with Crippen molar-refractivity contribution in [1.82, 2.24) is 30.2 Å². The topological polar surface area (TPSA) is 93.0 Å². The highest BCUT2D eigenvalue weighted by molar-refractivity contribution is 6.04. The molecule has 24 heavy (non-hydrogen) atoms. The summed E-state index contributed by atoms with van der Waals surface area (Å²) in [7, 11) is 0. The largest absolute Gasteiger partial charge is 0.325 e. The molecule has 2 aromatic rings. The number of pyridine rings is 1. The van der Waals surface area contributed by atoms with E-state index in [4.69, 9.17) is 0 Å². The Hall–Kier alpha value is -2.77. The zero-order valence-electron chi connectivity index (χ0n) is 13.9. The van der Waals surface area contributed by atoms with E-state index in [1.807, 2.05) is 26.8 Å². The minimum atomic E-state index is -0.599. The van der Waals surface area contributed by atoms with E-state index >= 15 is 0 Å². The minimum absolute atomic E-state index is 0.201. The van der Waals surface area contributed by atoms with Crippen LogP contribution in [0.5, 0.6) is 0 Å². The summed E-state index contributed by atoms with van der Waals surface area (Å²) in [4.78, 5) is 30.0. The van der Waals surface area contributed by atoms with Gasteiger partial charge in [-0.25, -0.2) is 9.48 Å². The summed E-state index contributed by atoms with van der Waals surface area (Å²) in [6.07, 6.45) is 3.81. The SMILES string of the molecule is Cc1cc(CN2C(=O)NC(Cc3cn(C(C)C)nn3)C2=O)ccn1. The summed E-state index contributed by atoms with van der Waals surface area (Å²) < 4.78 is 1.73. The Morgan fingerprint density at radius 2 is 2.12 bits per heavy atom. The van der Waals surface area contributed by atoms with E-state index in [1.54, 1.807) is 23.1 Å². The van der Waals surface area contributed by atoms with E-state index in [9.17, 15) is 9.59 Å². The van der Waals surface area contributed by atoms with Crippen LogP contribution in [0.25, 0.3) is 0 Å². The molecule has 8 heteroatoms. The third-order valence-electron chi connectivity index (χ3n) is 3.91. The van der Waals surface area contributed by atoms with Crippen molar-refractivity contribution in [1.29, 1.82) is 0 Å². The Morgan fingerprint density at radius 3 is 2.79 bits per heavy atom. The first-order chi connectivity index (χ1) is 11.4. The Bertz CT molecular complexity index is 769. The van der Waals surface area contributed by atoms with Gasteiger partial charge in [0, 0.05) is 30.6 Å². The van der Waals surface area contributed by atoms with Crippen LogP contribution >= 0.6 is 0 Å². The van der Waals surface area contributed by atoms with Crippen LogP contribution in [0.3, 0.4) is 0 Å². The highest BCUT2D eigenvalue weighted by atomic mass is 16.2. The Labute approximate surface area is 139 Å². The van der Waals surface area contributed by atoms with Crippen LogP contribution in [0.4, 0.5) is 4.79 Å². The molecule has 3 heterocycles. The van der Waals surface area contributed by atoms with Crippen LogP contribution in [0.1, 0.15) is 36.8 Å². The molecule has 0 radical (unpaired) electrons. The van der Waals surface area contributed by atoms with Crippen molar-refractivity contribution in [3.05, 3.63) is 41.5 Å². The predicted molar refractivity (Wildman–Crippen MR) is 86.0 cm³/mol. The number of rotatable bonds is 5. The van der Waals surface area contributed by atoms with Gasteiger partial charge in [-0.05, 0) is 38.5 Å². The van der Waals surface area contributed by atoms with E-state index in [0.717, 1.165) is 11.3 Å². The zero-order chi connectivity index (χ0) is 17.3. The highest BCUT2D eigenvalue weighted by Gasteiger charge is 2.38. The van der Waals surface area contributed by atoms with Gasteiger partial charge in [0.2, 0.25) is 0 Å². The van der Waals surface area contributed by atoms with Crippen molar-refractivity contribution in [3.8, 4) is 0 Å². The van der Waals surface area contributed by atoms with Gasteiger partial charge in [0.05, 0.1) is 12.2 Å². The minimum Gasteiger partial charge on any atom is -0.325 e. The number of carbonyl (C=O) groups is 2. The maximum atomic E-state index is 12.5. The number of nitrogens with one attached hydrogen (secondary N) is 1. The second-order valence-corrected chi connectivity index (χ2v) is 6.22. The summed E-state index contributed by atoms with van der Waals surface area (Å²) in [6, 6.07) is 2.89. The van der Waals surface area contributed by atoms with Crippen LogP contribution in [0, 0.1) is 6.92 Å². The molecule has 1 fully saturated rings. The molecule has 1 atom stereocenters. The van der Waals surface area contributed by atoms with E-state index in [0.29, 0.717) is 12.1 Å². The standard InChI is InChI=1S/C16H20N6O2/c1-10(2)22-9-13(19-20-22)7-14-15(23)21(16(24)18-14)8-12-4-5-17-11(3)6-12/h4-6,9-10,14H,7-8H2,1-3H3,(H,18,24). The number of nitrogens with zero attached hydrogens (tertiary/aromatic N) is 5. The number of aryl methyl sites for hydroxylation is 1. The second kappa shape index (κ2) is 6.38. The summed E-state index contributed by atoms with van der Waals surface area (Å²) in [6.45, 7) is 6.11. The predicted octanol–water partition coefficient (Wildman–Crippen LogP) is 1.23. The fourth-order valence-electron chi connectivity index (χ4n) is 2.62. The molecule has 126 valence electrons. The van der Waals surface area contributed by atoms with Gasteiger partial charge in [-0.2, -0.15) is 0 Å². The lowest BCUT2D eigenvalue weighted by molar-refractivity contribution is -0.127. The molecule has 8 nitrogen and oxygen atoms in total. The summed E-state index contributed by atoms with van der Waals surface area (Å²) in [5.74, 6) is -0.242. The number of amides is 3. The normalized spacial score (nSPS) is 17.7. The fourth-order valence-corrected chi connectivity index (χ4v) is 2.62. The average Bonchev–Trinajstić information content (AvgIpc) is 3.09. The Morgan fingerprint density at radius 1 is 1.33 bits per heavy atom.